The molecule has 2 heterocycles. The molecule has 0 saturated carbocycles. The number of para-hydroxylation sites is 1. The third kappa shape index (κ3) is 5.27. The number of fused-ring (bicyclic) bond motifs is 1. The molecule has 0 aromatic heterocycles. The Morgan fingerprint density at radius 2 is 1.81 bits per heavy atom. The highest BCUT2D eigenvalue weighted by molar-refractivity contribution is 8.00. The van der Waals surface area contributed by atoms with Crippen molar-refractivity contribution in [2.75, 3.05) is 42.1 Å². The lowest BCUT2D eigenvalue weighted by Crippen LogP contribution is -2.49. The van der Waals surface area contributed by atoms with Crippen LogP contribution in [0.15, 0.2) is 58.3 Å². The van der Waals surface area contributed by atoms with Crippen LogP contribution in [0.25, 0.3) is 0 Å². The minimum Gasteiger partial charge on any atom is -0.368 e. The summed E-state index contributed by atoms with van der Waals surface area (Å²) < 4.78 is 25.8. The van der Waals surface area contributed by atoms with E-state index in [0.717, 1.165) is 23.7 Å². The summed E-state index contributed by atoms with van der Waals surface area (Å²) in [5.41, 5.74) is 1.65. The number of thioether (sulfide) groups is 1. The molecule has 0 radical (unpaired) electrons. The quantitative estimate of drug-likeness (QED) is 0.718. The van der Waals surface area contributed by atoms with E-state index in [2.05, 4.69) is 10.2 Å². The predicted octanol–water partition coefficient (Wildman–Crippen LogP) is 3.02. The van der Waals surface area contributed by atoms with Gasteiger partial charge in [-0.2, -0.15) is 0 Å². The average molecular weight is 474 g/mol. The third-order valence-corrected chi connectivity index (χ3v) is 8.62. The molecular weight excluding hydrogens is 446 g/mol. The zero-order valence-electron chi connectivity index (χ0n) is 18.0. The number of hydrogen-bond donors (Lipinski definition) is 1. The normalized spacial score (nSPS) is 19.2. The molecule has 2 aromatic rings. The summed E-state index contributed by atoms with van der Waals surface area (Å²) in [4.78, 5) is 29.6. The van der Waals surface area contributed by atoms with Gasteiger partial charge in [-0.15, -0.1) is 11.8 Å². The molecule has 1 N–H and O–H groups in total. The summed E-state index contributed by atoms with van der Waals surface area (Å²) in [6.07, 6.45) is 0.330. The number of carbonyl (C=O) groups is 2. The van der Waals surface area contributed by atoms with E-state index in [-0.39, 0.29) is 34.1 Å². The van der Waals surface area contributed by atoms with E-state index in [1.807, 2.05) is 37.3 Å². The van der Waals surface area contributed by atoms with E-state index >= 15 is 0 Å². The number of rotatable bonds is 5. The molecule has 2 aromatic carbocycles. The van der Waals surface area contributed by atoms with Crippen molar-refractivity contribution >= 4 is 44.8 Å². The maximum Gasteiger partial charge on any atom is 0.225 e. The molecule has 0 bridgehead atoms. The Morgan fingerprint density at radius 3 is 2.53 bits per heavy atom. The molecule has 2 aliphatic rings. The van der Waals surface area contributed by atoms with Gasteiger partial charge in [0.25, 0.3) is 0 Å². The Morgan fingerprint density at radius 1 is 1.09 bits per heavy atom. The van der Waals surface area contributed by atoms with Crippen molar-refractivity contribution in [1.82, 2.24) is 4.90 Å². The van der Waals surface area contributed by atoms with E-state index in [1.54, 1.807) is 28.8 Å². The van der Waals surface area contributed by atoms with E-state index < -0.39 is 9.84 Å². The molecule has 170 valence electrons. The Kier molecular flexibility index (Phi) is 6.76. The smallest absolute Gasteiger partial charge is 0.225 e. The van der Waals surface area contributed by atoms with Gasteiger partial charge in [-0.05, 0) is 30.3 Å². The number of benzene rings is 2. The van der Waals surface area contributed by atoms with Gasteiger partial charge in [0.2, 0.25) is 11.8 Å². The molecule has 0 unspecified atom stereocenters. The molecule has 32 heavy (non-hydrogen) atoms. The molecule has 4 rings (SSSR count). The van der Waals surface area contributed by atoms with Crippen LogP contribution < -0.4 is 10.2 Å². The Balaban J connectivity index is 1.35. The second-order valence-electron chi connectivity index (χ2n) is 8.11. The number of hydrogen-bond acceptors (Lipinski definition) is 6. The van der Waals surface area contributed by atoms with Crippen LogP contribution in [0.2, 0.25) is 0 Å². The summed E-state index contributed by atoms with van der Waals surface area (Å²) in [6.45, 7) is 4.57. The van der Waals surface area contributed by atoms with Gasteiger partial charge in [0, 0.05) is 54.9 Å². The first kappa shape index (κ1) is 22.7. The molecule has 1 fully saturated rings. The number of nitrogens with one attached hydrogen (secondary N) is 1. The van der Waals surface area contributed by atoms with E-state index in [4.69, 9.17) is 0 Å². The van der Waals surface area contributed by atoms with Crippen molar-refractivity contribution in [1.29, 1.82) is 0 Å². The third-order valence-electron chi connectivity index (χ3n) is 5.72. The zero-order valence-corrected chi connectivity index (χ0v) is 19.6. The lowest BCUT2D eigenvalue weighted by molar-refractivity contribution is -0.131. The molecule has 0 aliphatic carbocycles. The van der Waals surface area contributed by atoms with Crippen LogP contribution in [0, 0.1) is 0 Å². The molecule has 1 atom stereocenters. The van der Waals surface area contributed by atoms with E-state index in [9.17, 15) is 18.0 Å². The number of amides is 2. The largest absolute Gasteiger partial charge is 0.368 e. The maximum atomic E-state index is 12.9. The van der Waals surface area contributed by atoms with E-state index in [0.29, 0.717) is 25.2 Å². The fourth-order valence-electron chi connectivity index (χ4n) is 3.97. The molecule has 9 heteroatoms. The van der Waals surface area contributed by atoms with Gasteiger partial charge < -0.3 is 15.1 Å². The van der Waals surface area contributed by atoms with Crippen molar-refractivity contribution in [3.8, 4) is 0 Å². The van der Waals surface area contributed by atoms with Crippen LogP contribution in [-0.4, -0.2) is 62.3 Å². The van der Waals surface area contributed by atoms with Crippen molar-refractivity contribution < 1.29 is 18.0 Å². The summed E-state index contributed by atoms with van der Waals surface area (Å²) in [5.74, 6) is -0.516. The monoisotopic (exact) mass is 473 g/mol. The number of nitrogens with zero attached hydrogens (tertiary/aromatic N) is 2. The van der Waals surface area contributed by atoms with E-state index in [1.165, 1.54) is 6.07 Å². The first-order chi connectivity index (χ1) is 15.3. The highest BCUT2D eigenvalue weighted by Gasteiger charge is 2.25. The second-order valence-corrected chi connectivity index (χ2v) is 11.7. The summed E-state index contributed by atoms with van der Waals surface area (Å²) in [7, 11) is -3.64. The summed E-state index contributed by atoms with van der Waals surface area (Å²) in [6, 6.07) is 14.9. The maximum absolute atomic E-state index is 12.9. The molecule has 2 aliphatic heterocycles. The lowest BCUT2D eigenvalue weighted by Gasteiger charge is -2.36. The van der Waals surface area contributed by atoms with Crippen LogP contribution in [0.5, 0.6) is 0 Å². The highest BCUT2D eigenvalue weighted by Crippen LogP contribution is 2.36. The number of piperazine rings is 1. The Bertz CT molecular complexity index is 1100. The summed E-state index contributed by atoms with van der Waals surface area (Å²) in [5, 5.41) is 2.92. The number of anilines is 2. The molecular formula is C23H27N3O4S2. The van der Waals surface area contributed by atoms with Crippen molar-refractivity contribution in [2.24, 2.45) is 0 Å². The second kappa shape index (κ2) is 9.54. The minimum atomic E-state index is -3.64. The molecule has 2 amide bonds. The lowest BCUT2D eigenvalue weighted by atomic mass is 10.2. The molecule has 1 saturated heterocycles. The van der Waals surface area contributed by atoms with Crippen LogP contribution in [0.3, 0.4) is 0 Å². The van der Waals surface area contributed by atoms with Gasteiger partial charge in [-0.1, -0.05) is 25.1 Å². The van der Waals surface area contributed by atoms with Crippen LogP contribution in [-0.2, 0) is 19.4 Å². The number of carbonyl (C=O) groups excluding carboxylic acids is 2. The topological polar surface area (TPSA) is 86.8 Å². The van der Waals surface area contributed by atoms with Gasteiger partial charge in [-0.3, -0.25) is 9.59 Å². The van der Waals surface area contributed by atoms with Crippen LogP contribution >= 0.6 is 11.8 Å². The minimum absolute atomic E-state index is 0.0527. The number of sulfone groups is 1. The SMILES string of the molecule is C[C@@H]1CC(=O)Nc2cc(S(=O)(=O)CCC(=O)N3CCN(c4ccccc4)CC3)ccc2S1. The van der Waals surface area contributed by atoms with Crippen molar-refractivity contribution in [3.05, 3.63) is 48.5 Å². The van der Waals surface area contributed by atoms with Gasteiger partial charge in [0.1, 0.15) is 0 Å². The Labute approximate surface area is 193 Å². The van der Waals surface area contributed by atoms with Gasteiger partial charge in [-0.25, -0.2) is 8.42 Å². The average Bonchev–Trinajstić information content (AvgIpc) is 2.93. The molecule has 0 spiro atoms. The molecule has 7 nitrogen and oxygen atoms in total. The fraction of sp³-hybridized carbons (Fsp3) is 0.391. The van der Waals surface area contributed by atoms with Crippen LogP contribution in [0.1, 0.15) is 19.8 Å². The van der Waals surface area contributed by atoms with Gasteiger partial charge in [0.05, 0.1) is 16.3 Å². The zero-order chi connectivity index (χ0) is 22.7. The fourth-order valence-corrected chi connectivity index (χ4v) is 6.28. The van der Waals surface area contributed by atoms with Gasteiger partial charge in [0.15, 0.2) is 9.84 Å². The predicted molar refractivity (Wildman–Crippen MR) is 127 cm³/mol. The van der Waals surface area contributed by atoms with Crippen molar-refractivity contribution in [3.63, 3.8) is 0 Å². The first-order valence-electron chi connectivity index (χ1n) is 10.7. The van der Waals surface area contributed by atoms with Crippen molar-refractivity contribution in [2.45, 2.75) is 34.8 Å². The Hall–Kier alpha value is -2.52. The van der Waals surface area contributed by atoms with Gasteiger partial charge >= 0.3 is 0 Å². The standard InChI is InChI=1S/C23H27N3O4S2/c1-17-15-22(27)24-20-16-19(7-8-21(20)31-17)32(29,30)14-9-23(28)26-12-10-25(11-13-26)18-5-3-2-4-6-18/h2-8,16-17H,9-15H2,1H3,(H,24,27)/t17-/m1/s1. The van der Waals surface area contributed by atoms with Crippen LogP contribution in [0.4, 0.5) is 11.4 Å². The summed E-state index contributed by atoms with van der Waals surface area (Å²) >= 11 is 1.55. The highest BCUT2D eigenvalue weighted by atomic mass is 32.2. The first-order valence-corrected chi connectivity index (χ1v) is 13.3.